The minimum Gasteiger partial charge on any atom is -0.502 e. The van der Waals surface area contributed by atoms with E-state index < -0.39 is 63.0 Å². The van der Waals surface area contributed by atoms with Gasteiger partial charge in [0.05, 0.1) is 37.3 Å². The van der Waals surface area contributed by atoms with Gasteiger partial charge in [0.1, 0.15) is 0 Å². The molecule has 1 saturated carbocycles. The van der Waals surface area contributed by atoms with E-state index in [1.807, 2.05) is 0 Å². The summed E-state index contributed by atoms with van der Waals surface area (Å²) < 4.78 is 10.5. The number of hydrogen-bond donors (Lipinski definition) is 2. The molecule has 0 unspecified atom stereocenters. The molecule has 0 spiro atoms. The molecule has 0 radical (unpaired) electrons. The minimum absolute atomic E-state index is 0.0862. The molecular weight excluding hydrogens is 627 g/mol. The number of amides is 4. The van der Waals surface area contributed by atoms with Crippen LogP contribution in [0.25, 0.3) is 6.08 Å². The first-order chi connectivity index (χ1) is 21.3. The summed E-state index contributed by atoms with van der Waals surface area (Å²) in [6.07, 6.45) is 5.04. The molecule has 45 heavy (non-hydrogen) atoms. The number of hydrogen-bond acceptors (Lipinski definition) is 8. The lowest BCUT2D eigenvalue weighted by atomic mass is 9.57. The monoisotopic (exact) mass is 654 g/mol. The lowest BCUT2D eigenvalue weighted by molar-refractivity contribution is -0.138. The van der Waals surface area contributed by atoms with Gasteiger partial charge in [-0.2, -0.15) is 0 Å². The third-order valence-corrected chi connectivity index (χ3v) is 10.8. The highest BCUT2D eigenvalue weighted by Gasteiger charge is 2.75. The second-order valence-electron chi connectivity index (χ2n) is 11.5. The molecule has 2 aliphatic carbocycles. The fourth-order valence-corrected chi connectivity index (χ4v) is 8.22. The van der Waals surface area contributed by atoms with Crippen molar-refractivity contribution in [2.75, 3.05) is 26.2 Å². The molecule has 2 saturated heterocycles. The summed E-state index contributed by atoms with van der Waals surface area (Å²) in [6.45, 7) is 0. The van der Waals surface area contributed by atoms with Crippen LogP contribution in [0.1, 0.15) is 28.8 Å². The van der Waals surface area contributed by atoms with E-state index in [2.05, 4.69) is 0 Å². The van der Waals surface area contributed by atoms with Gasteiger partial charge in [0.25, 0.3) is 11.8 Å². The van der Waals surface area contributed by atoms with Gasteiger partial charge < -0.3 is 19.7 Å². The third-order valence-electron chi connectivity index (χ3n) is 9.41. The Bertz CT molecular complexity index is 1730. The van der Waals surface area contributed by atoms with Gasteiger partial charge in [-0.3, -0.25) is 29.0 Å². The van der Waals surface area contributed by atoms with Gasteiger partial charge in [-0.15, -0.1) is 23.2 Å². The highest BCUT2D eigenvalue weighted by molar-refractivity contribution is 6.53. The van der Waals surface area contributed by atoms with Crippen LogP contribution in [0, 0.1) is 23.7 Å². The van der Waals surface area contributed by atoms with Gasteiger partial charge in [0.2, 0.25) is 17.6 Å². The van der Waals surface area contributed by atoms with Crippen LogP contribution in [0.4, 0.5) is 5.69 Å². The molecule has 2 aromatic carbocycles. The third kappa shape index (κ3) is 4.20. The Morgan fingerprint density at radius 2 is 1.67 bits per heavy atom. The molecule has 3 fully saturated rings. The quantitative estimate of drug-likeness (QED) is 0.269. The number of carbonyl (C=O) groups is 5. The van der Waals surface area contributed by atoms with Gasteiger partial charge in [0.15, 0.2) is 21.2 Å². The number of aromatic carboxylic acids is 1. The van der Waals surface area contributed by atoms with Crippen LogP contribution in [-0.4, -0.2) is 75.7 Å². The standard InChI is InChI=1S/C32H28Cl2N2O9/c1-35-29(42)31(33)14-20-18(8-9-19-24(20)27(39)36(26(19)38)17-6-4-5-16(13-17)28(40)41)21(32(31,34)30(35)43)10-7-15-11-22(44-2)25(37)23(12-15)45-3/h4-8,10-13,19-21,24,37H,9,14H2,1-3H3,(H,40,41)/t19-,20+,21-,24-,31+,32-/m0/s1. The number of imide groups is 2. The van der Waals surface area contributed by atoms with E-state index in [1.54, 1.807) is 30.4 Å². The average molecular weight is 655 g/mol. The number of alkyl halides is 2. The van der Waals surface area contributed by atoms with Crippen molar-refractivity contribution in [3.05, 3.63) is 65.3 Å². The van der Waals surface area contributed by atoms with Crippen LogP contribution < -0.4 is 14.4 Å². The summed E-state index contributed by atoms with van der Waals surface area (Å²) in [4.78, 5) is 64.6. The number of phenols is 1. The molecule has 4 amide bonds. The molecule has 234 valence electrons. The average Bonchev–Trinajstić information content (AvgIpc) is 3.35. The second-order valence-corrected chi connectivity index (χ2v) is 12.8. The van der Waals surface area contributed by atoms with Crippen molar-refractivity contribution in [3.8, 4) is 17.2 Å². The Morgan fingerprint density at radius 1 is 1.00 bits per heavy atom. The van der Waals surface area contributed by atoms with E-state index >= 15 is 0 Å². The number of likely N-dealkylation sites (tertiary alicyclic amines) is 1. The fourth-order valence-electron chi connectivity index (χ4n) is 7.24. The molecule has 4 aliphatic rings. The number of halogens is 2. The van der Waals surface area contributed by atoms with Crippen LogP contribution in [0.3, 0.4) is 0 Å². The highest BCUT2D eigenvalue weighted by atomic mass is 35.5. The number of fused-ring (bicyclic) bond motifs is 4. The number of carbonyl (C=O) groups excluding carboxylic acids is 4. The van der Waals surface area contributed by atoms with Crippen LogP contribution >= 0.6 is 23.2 Å². The van der Waals surface area contributed by atoms with E-state index in [4.69, 9.17) is 32.7 Å². The zero-order valence-corrected chi connectivity index (χ0v) is 25.8. The molecule has 6 rings (SSSR count). The summed E-state index contributed by atoms with van der Waals surface area (Å²) in [5, 5.41) is 19.8. The summed E-state index contributed by atoms with van der Waals surface area (Å²) in [5.41, 5.74) is 1.15. The van der Waals surface area contributed by atoms with E-state index in [1.165, 1.54) is 45.5 Å². The van der Waals surface area contributed by atoms with Gasteiger partial charge in [-0.1, -0.05) is 29.9 Å². The lowest BCUT2D eigenvalue weighted by Crippen LogP contribution is -2.60. The smallest absolute Gasteiger partial charge is 0.335 e. The molecule has 13 heteroatoms. The molecule has 11 nitrogen and oxygen atoms in total. The van der Waals surface area contributed by atoms with E-state index in [-0.39, 0.29) is 41.3 Å². The van der Waals surface area contributed by atoms with Gasteiger partial charge in [0, 0.05) is 13.0 Å². The van der Waals surface area contributed by atoms with Gasteiger partial charge in [-0.05, 0) is 54.7 Å². The lowest BCUT2D eigenvalue weighted by Gasteiger charge is -2.49. The largest absolute Gasteiger partial charge is 0.502 e. The number of benzene rings is 2. The zero-order valence-electron chi connectivity index (χ0n) is 24.3. The maximum absolute atomic E-state index is 14.1. The Kier molecular flexibility index (Phi) is 7.24. The SMILES string of the molecule is COc1cc(C=C[C@H]2C3=CC[C@@H]4C(=O)N(c5cccc(C(=O)O)c5)C(=O)[C@@H]4[C@@H]3C[C@@]3(Cl)C(=O)N(C)C(=O)[C@@]23Cl)cc(OC)c1O. The number of carboxylic acid groups (broad SMARTS) is 1. The number of carboxylic acids is 1. The maximum atomic E-state index is 14.1. The molecule has 2 aliphatic heterocycles. The molecule has 2 N–H and O–H groups in total. The van der Waals surface area contributed by atoms with Gasteiger partial charge in [-0.25, -0.2) is 4.79 Å². The van der Waals surface area contributed by atoms with Crippen molar-refractivity contribution in [1.29, 1.82) is 0 Å². The summed E-state index contributed by atoms with van der Waals surface area (Å²) in [6, 6.07) is 8.65. The van der Waals surface area contributed by atoms with Crippen molar-refractivity contribution < 1.29 is 43.7 Å². The number of phenolic OH excluding ortho intramolecular Hbond substituents is 1. The summed E-state index contributed by atoms with van der Waals surface area (Å²) in [5.74, 6) is -7.01. The Morgan fingerprint density at radius 3 is 2.29 bits per heavy atom. The predicted octanol–water partition coefficient (Wildman–Crippen LogP) is 3.85. The normalized spacial score (nSPS) is 30.7. The summed E-state index contributed by atoms with van der Waals surface area (Å²) in [7, 11) is 4.06. The number of aromatic hydroxyl groups is 1. The first kappa shape index (κ1) is 30.7. The van der Waals surface area contributed by atoms with Crippen molar-refractivity contribution in [2.45, 2.75) is 22.6 Å². The fraction of sp³-hybridized carbons (Fsp3) is 0.344. The van der Waals surface area contributed by atoms with Gasteiger partial charge >= 0.3 is 5.97 Å². The summed E-state index contributed by atoms with van der Waals surface area (Å²) >= 11 is 14.3. The number of nitrogens with zero attached hydrogens (tertiary/aromatic N) is 2. The van der Waals surface area contributed by atoms with E-state index in [9.17, 15) is 34.2 Å². The molecule has 2 aromatic rings. The molecule has 6 atom stereocenters. The maximum Gasteiger partial charge on any atom is 0.335 e. The van der Waals surface area contributed by atoms with Crippen LogP contribution in [0.2, 0.25) is 0 Å². The molecule has 0 aromatic heterocycles. The predicted molar refractivity (Wildman–Crippen MR) is 162 cm³/mol. The molecule has 0 bridgehead atoms. The number of allylic oxidation sites excluding steroid dienone is 3. The molecule has 2 heterocycles. The van der Waals surface area contributed by atoms with E-state index in [0.717, 1.165) is 9.80 Å². The van der Waals surface area contributed by atoms with Crippen molar-refractivity contribution in [1.82, 2.24) is 4.90 Å². The van der Waals surface area contributed by atoms with Crippen molar-refractivity contribution >= 4 is 64.6 Å². The first-order valence-corrected chi connectivity index (χ1v) is 14.8. The number of ether oxygens (including phenoxy) is 2. The zero-order chi connectivity index (χ0) is 32.6. The van der Waals surface area contributed by atoms with Crippen LogP contribution in [-0.2, 0) is 19.2 Å². The number of methoxy groups -OCH3 is 2. The molecular formula is C32H28Cl2N2O9. The number of rotatable bonds is 6. The van der Waals surface area contributed by atoms with Crippen LogP contribution in [0.5, 0.6) is 17.2 Å². The van der Waals surface area contributed by atoms with Crippen LogP contribution in [0.15, 0.2) is 54.1 Å². The Labute approximate surface area is 267 Å². The second kappa shape index (κ2) is 10.6. The highest BCUT2D eigenvalue weighted by Crippen LogP contribution is 2.63. The Hall–Kier alpha value is -4.35. The number of anilines is 1. The topological polar surface area (TPSA) is 151 Å². The Balaban J connectivity index is 1.46. The minimum atomic E-state index is -1.95. The van der Waals surface area contributed by atoms with Crippen molar-refractivity contribution in [3.63, 3.8) is 0 Å². The van der Waals surface area contributed by atoms with E-state index in [0.29, 0.717) is 11.1 Å². The first-order valence-electron chi connectivity index (χ1n) is 14.0. The van der Waals surface area contributed by atoms with Crippen molar-refractivity contribution in [2.24, 2.45) is 23.7 Å².